The van der Waals surface area contributed by atoms with Crippen LogP contribution in [0.4, 0.5) is 10.3 Å². The van der Waals surface area contributed by atoms with E-state index < -0.39 is 11.4 Å². The monoisotopic (exact) mass is 634 g/mol. The lowest BCUT2D eigenvalue weighted by molar-refractivity contribution is 0.0905. The Morgan fingerprint density at radius 1 is 1.13 bits per heavy atom. The molecule has 2 unspecified atom stereocenters. The van der Waals surface area contributed by atoms with Gasteiger partial charge >= 0.3 is 0 Å². The van der Waals surface area contributed by atoms with E-state index in [9.17, 15) is 9.50 Å². The van der Waals surface area contributed by atoms with Gasteiger partial charge in [0, 0.05) is 60.5 Å². The van der Waals surface area contributed by atoms with E-state index in [1.54, 1.807) is 51.1 Å². The molecule has 0 spiro atoms. The maximum atomic E-state index is 15.0. The molecule has 2 aromatic carbocycles. The van der Waals surface area contributed by atoms with Crippen LogP contribution in [-0.4, -0.2) is 81.9 Å². The molecule has 3 heterocycles. The number of aromatic nitrogens is 4. The van der Waals surface area contributed by atoms with Crippen LogP contribution < -0.4 is 25.3 Å². The number of aliphatic imine (C=N–C) groups is 1. The molecule has 13 heteroatoms. The number of ether oxygens (including phenoxy) is 3. The number of benzene rings is 2. The van der Waals surface area contributed by atoms with Crippen LogP contribution in [0.3, 0.4) is 0 Å². The highest BCUT2D eigenvalue weighted by Gasteiger charge is 2.32. The third-order valence-corrected chi connectivity index (χ3v) is 8.24. The number of anilines is 1. The van der Waals surface area contributed by atoms with Gasteiger partial charge in [0.25, 0.3) is 0 Å². The minimum atomic E-state index is -0.921. The van der Waals surface area contributed by atoms with Crippen LogP contribution in [0.5, 0.6) is 17.2 Å². The van der Waals surface area contributed by atoms with E-state index in [1.807, 2.05) is 18.2 Å². The fraction of sp³-hybridized carbons (Fsp3) is 0.455. The van der Waals surface area contributed by atoms with Crippen molar-refractivity contribution in [3.63, 3.8) is 0 Å². The SMILES string of the molecule is CCC1CCC(c2nc3c4cc(F)c(OC)cc4nc(NCc4ccc(OC)cc4OC)n3n2)CN1C(C=NCC(C)(C)O)=CN. The molecule has 46 heavy (non-hydrogen) atoms. The Kier molecular flexibility index (Phi) is 9.80. The molecular weight excluding hydrogens is 591 g/mol. The highest BCUT2D eigenvalue weighted by molar-refractivity contribution is 5.93. The highest BCUT2D eigenvalue weighted by atomic mass is 19.1. The number of likely N-dealkylation sites (tertiary alicyclic amines) is 1. The number of piperidine rings is 1. The normalized spacial score (nSPS) is 17.7. The van der Waals surface area contributed by atoms with Gasteiger partial charge in [-0.25, -0.2) is 14.4 Å². The second kappa shape index (κ2) is 13.8. The number of methoxy groups -OCH3 is 3. The molecular formula is C33H43FN8O4. The van der Waals surface area contributed by atoms with Crippen LogP contribution >= 0.6 is 0 Å². The van der Waals surface area contributed by atoms with E-state index >= 15 is 0 Å². The summed E-state index contributed by atoms with van der Waals surface area (Å²) in [5.41, 5.74) is 7.82. The zero-order valence-electron chi connectivity index (χ0n) is 27.2. The second-order valence-corrected chi connectivity index (χ2v) is 12.0. The van der Waals surface area contributed by atoms with Gasteiger partial charge in [-0.1, -0.05) is 6.92 Å². The molecule has 0 saturated carbocycles. The van der Waals surface area contributed by atoms with Crippen molar-refractivity contribution in [2.24, 2.45) is 10.7 Å². The largest absolute Gasteiger partial charge is 0.497 e. The van der Waals surface area contributed by atoms with Crippen LogP contribution in [-0.2, 0) is 6.54 Å². The predicted octanol–water partition coefficient (Wildman–Crippen LogP) is 4.65. The quantitative estimate of drug-likeness (QED) is 0.188. The molecule has 0 bridgehead atoms. The number of rotatable bonds is 12. The average Bonchev–Trinajstić information content (AvgIpc) is 3.51. The Hall–Kier alpha value is -4.65. The highest BCUT2D eigenvalue weighted by Crippen LogP contribution is 2.34. The molecule has 1 aliphatic rings. The fourth-order valence-corrected chi connectivity index (χ4v) is 5.80. The van der Waals surface area contributed by atoms with Gasteiger partial charge in [0.2, 0.25) is 5.95 Å². The molecule has 0 aliphatic carbocycles. The number of nitrogens with zero attached hydrogens (tertiary/aromatic N) is 6. The average molecular weight is 635 g/mol. The van der Waals surface area contributed by atoms with Crippen LogP contribution in [0, 0.1) is 5.82 Å². The van der Waals surface area contributed by atoms with E-state index in [-0.39, 0.29) is 24.3 Å². The van der Waals surface area contributed by atoms with E-state index in [0.29, 0.717) is 52.9 Å². The van der Waals surface area contributed by atoms with Crippen LogP contribution in [0.1, 0.15) is 57.3 Å². The van der Waals surface area contributed by atoms with Crippen LogP contribution in [0.15, 0.2) is 47.2 Å². The van der Waals surface area contributed by atoms with Crippen molar-refractivity contribution in [3.05, 3.63) is 59.4 Å². The molecule has 0 amide bonds. The molecule has 246 valence electrons. The minimum Gasteiger partial charge on any atom is -0.497 e. The number of hydrogen-bond donors (Lipinski definition) is 3. The van der Waals surface area contributed by atoms with Gasteiger partial charge < -0.3 is 35.3 Å². The van der Waals surface area contributed by atoms with E-state index in [4.69, 9.17) is 35.0 Å². The Labute approximate surface area is 268 Å². The summed E-state index contributed by atoms with van der Waals surface area (Å²) >= 11 is 0. The maximum Gasteiger partial charge on any atom is 0.226 e. The first-order chi connectivity index (χ1) is 22.1. The first kappa shape index (κ1) is 32.7. The smallest absolute Gasteiger partial charge is 0.226 e. The summed E-state index contributed by atoms with van der Waals surface area (Å²) in [6, 6.07) is 8.82. The summed E-state index contributed by atoms with van der Waals surface area (Å²) in [6.45, 7) is 6.83. The van der Waals surface area contributed by atoms with Gasteiger partial charge in [-0.2, -0.15) is 4.52 Å². The molecule has 12 nitrogen and oxygen atoms in total. The lowest BCUT2D eigenvalue weighted by Gasteiger charge is -2.40. The van der Waals surface area contributed by atoms with Crippen molar-refractivity contribution in [1.29, 1.82) is 0 Å². The first-order valence-corrected chi connectivity index (χ1v) is 15.4. The number of allylic oxidation sites excluding steroid dienone is 1. The molecule has 4 aromatic rings. The molecule has 2 atom stereocenters. The summed E-state index contributed by atoms with van der Waals surface area (Å²) in [5.74, 6) is 1.96. The van der Waals surface area contributed by atoms with Crippen molar-refractivity contribution in [3.8, 4) is 17.2 Å². The molecule has 1 saturated heterocycles. The van der Waals surface area contributed by atoms with E-state index in [2.05, 4.69) is 22.1 Å². The summed E-state index contributed by atoms with van der Waals surface area (Å²) in [6.07, 6.45) is 5.98. The molecule has 5 rings (SSSR count). The van der Waals surface area contributed by atoms with Crippen LogP contribution in [0.2, 0.25) is 0 Å². The summed E-state index contributed by atoms with van der Waals surface area (Å²) in [5, 5.41) is 19.0. The second-order valence-electron chi connectivity index (χ2n) is 12.0. The Morgan fingerprint density at radius 3 is 2.59 bits per heavy atom. The first-order valence-electron chi connectivity index (χ1n) is 15.4. The Morgan fingerprint density at radius 2 is 1.91 bits per heavy atom. The van der Waals surface area contributed by atoms with Crippen molar-refractivity contribution in [2.45, 2.75) is 64.1 Å². The topological polar surface area (TPSA) is 145 Å². The summed E-state index contributed by atoms with van der Waals surface area (Å²) in [4.78, 5) is 16.5. The third kappa shape index (κ3) is 6.94. The Balaban J connectivity index is 1.53. The molecule has 0 radical (unpaired) electrons. The lowest BCUT2D eigenvalue weighted by atomic mass is 9.90. The Bertz CT molecular complexity index is 1750. The molecule has 2 aromatic heterocycles. The maximum absolute atomic E-state index is 15.0. The molecule has 4 N–H and O–H groups in total. The van der Waals surface area contributed by atoms with Crippen molar-refractivity contribution >= 4 is 28.7 Å². The number of aliphatic hydroxyl groups is 1. The van der Waals surface area contributed by atoms with Gasteiger partial charge in [-0.15, -0.1) is 5.10 Å². The molecule has 1 aliphatic heterocycles. The van der Waals surface area contributed by atoms with Gasteiger partial charge in [-0.05, 0) is 51.3 Å². The van der Waals surface area contributed by atoms with E-state index in [0.717, 1.165) is 30.5 Å². The summed E-state index contributed by atoms with van der Waals surface area (Å²) < 4.78 is 32.8. The van der Waals surface area contributed by atoms with Gasteiger partial charge in [0.1, 0.15) is 11.5 Å². The van der Waals surface area contributed by atoms with Crippen molar-refractivity contribution in [2.75, 3.05) is 39.7 Å². The minimum absolute atomic E-state index is 0.0342. The standard InChI is InChI=1S/C33H43FN8O4/c1-7-22-10-8-21(18-41(22)23(15-35)17-36-19-33(2,3)43)30-39-31-25-13-26(34)29(46-6)14-27(25)38-32(42(31)40-30)37-16-20-9-11-24(44-4)12-28(20)45-5/h9,11-15,17,21-22,43H,7-8,10,16,18-19,35H2,1-6H3,(H,37,38). The van der Waals surface area contributed by atoms with Crippen molar-refractivity contribution < 1.29 is 23.7 Å². The molecule has 1 fully saturated rings. The van der Waals surface area contributed by atoms with Gasteiger partial charge in [0.15, 0.2) is 23.0 Å². The zero-order chi connectivity index (χ0) is 33.0. The number of nitrogens with one attached hydrogen (secondary N) is 1. The summed E-state index contributed by atoms with van der Waals surface area (Å²) in [7, 11) is 4.63. The van der Waals surface area contributed by atoms with Crippen molar-refractivity contribution in [1.82, 2.24) is 24.5 Å². The fourth-order valence-electron chi connectivity index (χ4n) is 5.80. The van der Waals surface area contributed by atoms with Gasteiger partial charge in [-0.3, -0.25) is 4.99 Å². The third-order valence-electron chi connectivity index (χ3n) is 8.24. The zero-order valence-corrected chi connectivity index (χ0v) is 27.2. The number of fused-ring (bicyclic) bond motifs is 3. The lowest BCUT2D eigenvalue weighted by Crippen LogP contribution is -2.42. The van der Waals surface area contributed by atoms with Gasteiger partial charge in [0.05, 0.1) is 44.7 Å². The predicted molar refractivity (Wildman–Crippen MR) is 176 cm³/mol. The van der Waals surface area contributed by atoms with E-state index in [1.165, 1.54) is 13.2 Å². The number of nitrogens with two attached hydrogens (primary N) is 1. The van der Waals surface area contributed by atoms with Crippen LogP contribution in [0.25, 0.3) is 16.6 Å². The number of halogens is 1. The number of hydrogen-bond acceptors (Lipinski definition) is 11.